The molecular weight excluding hydrogens is 178 g/mol. The number of benzene rings is 1. The molecule has 1 aromatic rings. The third-order valence-corrected chi connectivity index (χ3v) is 2.78. The molecule has 14 heavy (non-hydrogen) atoms. The van der Waals surface area contributed by atoms with E-state index in [-0.39, 0.29) is 6.61 Å². The molecule has 76 valence electrons. The molecule has 3 nitrogen and oxygen atoms in total. The first-order chi connectivity index (χ1) is 6.67. The summed E-state index contributed by atoms with van der Waals surface area (Å²) in [4.78, 5) is 0. The number of nitrogens with two attached hydrogens (primary N) is 1. The molecule has 3 heteroatoms. The molecule has 0 saturated heterocycles. The minimum Gasteiger partial charge on any atom is -0.394 e. The van der Waals surface area contributed by atoms with Crippen LogP contribution in [-0.4, -0.2) is 16.8 Å². The van der Waals surface area contributed by atoms with Crippen molar-refractivity contribution in [2.75, 3.05) is 6.61 Å². The Kier molecular flexibility index (Phi) is 2.31. The van der Waals surface area contributed by atoms with E-state index in [2.05, 4.69) is 0 Å². The Balaban J connectivity index is 2.38. The van der Waals surface area contributed by atoms with Crippen molar-refractivity contribution < 1.29 is 10.2 Å². The van der Waals surface area contributed by atoms with Gasteiger partial charge in [-0.3, -0.25) is 0 Å². The average Bonchev–Trinajstić information content (AvgIpc) is 2.97. The lowest BCUT2D eigenvalue weighted by Crippen LogP contribution is -2.19. The van der Waals surface area contributed by atoms with Crippen LogP contribution in [0.3, 0.4) is 0 Å². The van der Waals surface area contributed by atoms with Gasteiger partial charge in [0.25, 0.3) is 0 Å². The molecule has 0 aromatic heterocycles. The summed E-state index contributed by atoms with van der Waals surface area (Å²) in [6.07, 6.45) is 1.59. The van der Waals surface area contributed by atoms with Gasteiger partial charge in [0.2, 0.25) is 0 Å². The highest BCUT2D eigenvalue weighted by molar-refractivity contribution is 5.37. The van der Waals surface area contributed by atoms with Crippen molar-refractivity contribution in [2.45, 2.75) is 24.5 Å². The molecule has 1 aromatic carbocycles. The molecule has 1 fully saturated rings. The van der Waals surface area contributed by atoms with E-state index < -0.39 is 11.6 Å². The summed E-state index contributed by atoms with van der Waals surface area (Å²) in [5.41, 5.74) is 6.81. The summed E-state index contributed by atoms with van der Waals surface area (Å²) in [5, 5.41) is 19.0. The van der Waals surface area contributed by atoms with E-state index in [0.717, 1.165) is 24.0 Å². The molecule has 2 rings (SSSR count). The first-order valence-corrected chi connectivity index (χ1v) is 4.85. The number of aliphatic hydroxyl groups excluding tert-OH is 1. The summed E-state index contributed by atoms with van der Waals surface area (Å²) in [6, 6.07) is 7.12. The third-order valence-electron chi connectivity index (χ3n) is 2.78. The van der Waals surface area contributed by atoms with Crippen LogP contribution in [0.4, 0.5) is 0 Å². The molecule has 1 aliphatic rings. The van der Waals surface area contributed by atoms with Crippen LogP contribution < -0.4 is 5.73 Å². The number of aliphatic hydroxyl groups is 2. The number of hydrogen-bond donors (Lipinski definition) is 3. The van der Waals surface area contributed by atoms with E-state index in [9.17, 15) is 5.11 Å². The van der Waals surface area contributed by atoms with Gasteiger partial charge in [0.1, 0.15) is 0 Å². The van der Waals surface area contributed by atoms with Gasteiger partial charge >= 0.3 is 0 Å². The van der Waals surface area contributed by atoms with Crippen LogP contribution in [0.2, 0.25) is 0 Å². The summed E-state index contributed by atoms with van der Waals surface area (Å²) in [6.45, 7) is -0.0902. The van der Waals surface area contributed by atoms with Crippen LogP contribution in [0.1, 0.15) is 30.0 Å². The summed E-state index contributed by atoms with van der Waals surface area (Å²) < 4.78 is 0. The second-order valence-corrected chi connectivity index (χ2v) is 3.91. The van der Waals surface area contributed by atoms with Gasteiger partial charge in [-0.2, -0.15) is 0 Å². The lowest BCUT2D eigenvalue weighted by Gasteiger charge is -2.17. The molecular formula is C11H15NO2. The van der Waals surface area contributed by atoms with Crippen molar-refractivity contribution in [3.63, 3.8) is 0 Å². The predicted octanol–water partition coefficient (Wildman–Crippen LogP) is 0.660. The Morgan fingerprint density at radius 2 is 2.00 bits per heavy atom. The van der Waals surface area contributed by atoms with Crippen molar-refractivity contribution in [1.82, 2.24) is 0 Å². The molecule has 0 heterocycles. The minimum absolute atomic E-state index is 0.0902. The van der Waals surface area contributed by atoms with Gasteiger partial charge in [-0.05, 0) is 24.0 Å². The lowest BCUT2D eigenvalue weighted by molar-refractivity contribution is 0.149. The second-order valence-electron chi connectivity index (χ2n) is 3.91. The normalized spacial score (nSPS) is 20.5. The standard InChI is InChI=1S/C11H15NO2/c12-10(7-13)8-3-1-2-4-9(8)11(14)5-6-11/h1-4,10,13-14H,5-7,12H2. The van der Waals surface area contributed by atoms with Crippen molar-refractivity contribution in [3.05, 3.63) is 35.4 Å². The Labute approximate surface area is 83.2 Å². The van der Waals surface area contributed by atoms with Crippen molar-refractivity contribution in [2.24, 2.45) is 5.73 Å². The van der Waals surface area contributed by atoms with Gasteiger partial charge in [-0.1, -0.05) is 24.3 Å². The van der Waals surface area contributed by atoms with Gasteiger partial charge in [-0.25, -0.2) is 0 Å². The Bertz CT molecular complexity index is 334. The fourth-order valence-electron chi connectivity index (χ4n) is 1.73. The highest BCUT2D eigenvalue weighted by Crippen LogP contribution is 2.47. The molecule has 1 unspecified atom stereocenters. The molecule has 0 amide bonds. The maximum absolute atomic E-state index is 9.99. The topological polar surface area (TPSA) is 66.5 Å². The Morgan fingerprint density at radius 1 is 1.36 bits per heavy atom. The van der Waals surface area contributed by atoms with Crippen LogP contribution in [0, 0.1) is 0 Å². The molecule has 1 saturated carbocycles. The fraction of sp³-hybridized carbons (Fsp3) is 0.455. The first kappa shape index (κ1) is 9.65. The van der Waals surface area contributed by atoms with E-state index in [0.29, 0.717) is 0 Å². The van der Waals surface area contributed by atoms with Gasteiger partial charge in [0.05, 0.1) is 18.2 Å². The maximum Gasteiger partial charge on any atom is 0.0902 e. The van der Waals surface area contributed by atoms with Crippen molar-refractivity contribution in [1.29, 1.82) is 0 Å². The Hall–Kier alpha value is -0.900. The lowest BCUT2D eigenvalue weighted by atomic mass is 9.96. The summed E-state index contributed by atoms with van der Waals surface area (Å²) >= 11 is 0. The zero-order chi connectivity index (χ0) is 10.2. The highest BCUT2D eigenvalue weighted by Gasteiger charge is 2.43. The van der Waals surface area contributed by atoms with Crippen molar-refractivity contribution >= 4 is 0 Å². The minimum atomic E-state index is -0.677. The van der Waals surface area contributed by atoms with Gasteiger partial charge in [0, 0.05) is 0 Å². The van der Waals surface area contributed by atoms with Crippen LogP contribution >= 0.6 is 0 Å². The predicted molar refractivity (Wildman–Crippen MR) is 53.6 cm³/mol. The zero-order valence-electron chi connectivity index (χ0n) is 7.98. The maximum atomic E-state index is 9.99. The van der Waals surface area contributed by atoms with Gasteiger partial charge < -0.3 is 15.9 Å². The second kappa shape index (κ2) is 3.35. The van der Waals surface area contributed by atoms with Crippen LogP contribution in [0.25, 0.3) is 0 Å². The quantitative estimate of drug-likeness (QED) is 0.660. The average molecular weight is 193 g/mol. The SMILES string of the molecule is NC(CO)c1ccccc1C1(O)CC1. The molecule has 1 atom stereocenters. The Morgan fingerprint density at radius 3 is 2.57 bits per heavy atom. The van der Waals surface area contributed by atoms with Crippen LogP contribution in [0.5, 0.6) is 0 Å². The largest absolute Gasteiger partial charge is 0.394 e. The summed E-state index contributed by atoms with van der Waals surface area (Å²) in [5.74, 6) is 0. The smallest absolute Gasteiger partial charge is 0.0902 e. The zero-order valence-corrected chi connectivity index (χ0v) is 7.98. The number of rotatable bonds is 3. The van der Waals surface area contributed by atoms with Crippen molar-refractivity contribution in [3.8, 4) is 0 Å². The molecule has 0 aliphatic heterocycles. The van der Waals surface area contributed by atoms with Crippen LogP contribution in [-0.2, 0) is 5.60 Å². The third kappa shape index (κ3) is 1.54. The van der Waals surface area contributed by atoms with E-state index in [1.165, 1.54) is 0 Å². The molecule has 4 N–H and O–H groups in total. The highest BCUT2D eigenvalue weighted by atomic mass is 16.3. The van der Waals surface area contributed by atoms with E-state index in [4.69, 9.17) is 10.8 Å². The van der Waals surface area contributed by atoms with Gasteiger partial charge in [0.15, 0.2) is 0 Å². The number of hydrogen-bond acceptors (Lipinski definition) is 3. The molecule has 0 radical (unpaired) electrons. The van der Waals surface area contributed by atoms with E-state index >= 15 is 0 Å². The van der Waals surface area contributed by atoms with Gasteiger partial charge in [-0.15, -0.1) is 0 Å². The molecule has 1 aliphatic carbocycles. The fourth-order valence-corrected chi connectivity index (χ4v) is 1.73. The van der Waals surface area contributed by atoms with E-state index in [1.807, 2.05) is 24.3 Å². The monoisotopic (exact) mass is 193 g/mol. The van der Waals surface area contributed by atoms with E-state index in [1.54, 1.807) is 0 Å². The van der Waals surface area contributed by atoms with Crippen LogP contribution in [0.15, 0.2) is 24.3 Å². The molecule has 0 spiro atoms. The first-order valence-electron chi connectivity index (χ1n) is 4.85. The summed E-state index contributed by atoms with van der Waals surface area (Å²) in [7, 11) is 0. The molecule has 0 bridgehead atoms.